The number of nitrogens with zero attached hydrogens (tertiary/aromatic N) is 1. The summed E-state index contributed by atoms with van der Waals surface area (Å²) in [5, 5.41) is 2.22. The molecule has 0 rings (SSSR count). The molecule has 0 aliphatic carbocycles. The fraction of sp³-hybridized carbons (Fsp3) is 0.875. The Kier molecular flexibility index (Phi) is 4.87. The molecule has 0 amide bonds. The van der Waals surface area contributed by atoms with Crippen LogP contribution >= 0.6 is 0 Å². The summed E-state index contributed by atoms with van der Waals surface area (Å²) in [6, 6.07) is 0. The molecule has 0 saturated heterocycles. The molecule has 0 aromatic carbocycles. The maximum Gasteiger partial charge on any atom is 0.358 e. The number of hydrogen-bond donors (Lipinski definition) is 1. The van der Waals surface area contributed by atoms with Crippen molar-refractivity contribution in [3.63, 3.8) is 0 Å². The lowest BCUT2D eigenvalue weighted by molar-refractivity contribution is -0.158. The number of carbonyl (C=O) groups excluding carboxylic acids is 1. The first kappa shape index (κ1) is 12.3. The van der Waals surface area contributed by atoms with Crippen LogP contribution in [0.2, 0.25) is 0 Å². The highest BCUT2D eigenvalue weighted by Gasteiger charge is 2.32. The molecule has 0 aliphatic heterocycles. The number of rotatable bonds is 5. The largest absolute Gasteiger partial charge is 0.461 e. The lowest BCUT2D eigenvalue weighted by Crippen LogP contribution is -2.44. The average molecular weight is 192 g/mol. The first-order valence-corrected chi connectivity index (χ1v) is 4.10. The van der Waals surface area contributed by atoms with Gasteiger partial charge >= 0.3 is 5.97 Å². The third-order valence-corrected chi connectivity index (χ3v) is 1.62. The molecule has 13 heavy (non-hydrogen) atoms. The molecule has 0 aliphatic rings. The van der Waals surface area contributed by atoms with E-state index in [-0.39, 0.29) is 6.61 Å². The summed E-state index contributed by atoms with van der Waals surface area (Å²) >= 11 is 0. The van der Waals surface area contributed by atoms with E-state index in [1.807, 2.05) is 19.0 Å². The predicted octanol–water partition coefficient (Wildman–Crippen LogP) is -0.00370. The number of carbonyl (C=O) groups is 1. The molecule has 0 aromatic rings. The summed E-state index contributed by atoms with van der Waals surface area (Å²) in [5.41, 5.74) is 0. The van der Waals surface area contributed by atoms with Gasteiger partial charge in [0.1, 0.15) is 6.61 Å². The Labute approximate surface area is 78.0 Å². The van der Waals surface area contributed by atoms with E-state index in [0.29, 0.717) is 6.54 Å². The van der Waals surface area contributed by atoms with Crippen molar-refractivity contribution >= 4 is 5.97 Å². The normalized spacial score (nSPS) is 15.5. The van der Waals surface area contributed by atoms with Gasteiger partial charge in [-0.3, -0.25) is 5.32 Å². The predicted molar refractivity (Wildman–Crippen MR) is 48.1 cm³/mol. The Morgan fingerprint density at radius 3 is 2.54 bits per heavy atom. The van der Waals surface area contributed by atoms with Gasteiger partial charge < -0.3 is 9.64 Å². The van der Waals surface area contributed by atoms with E-state index in [4.69, 9.17) is 4.74 Å². The zero-order valence-corrected chi connectivity index (χ0v) is 8.56. The van der Waals surface area contributed by atoms with Gasteiger partial charge in [0.2, 0.25) is 0 Å². The molecule has 0 spiro atoms. The zero-order chi connectivity index (χ0) is 10.5. The SMILES string of the molecule is CNC(C)(F)C(=O)OCCN(C)C. The van der Waals surface area contributed by atoms with Crippen molar-refractivity contribution < 1.29 is 13.9 Å². The lowest BCUT2D eigenvalue weighted by Gasteiger charge is -2.18. The van der Waals surface area contributed by atoms with Gasteiger partial charge in [-0.15, -0.1) is 0 Å². The summed E-state index contributed by atoms with van der Waals surface area (Å²) in [6.07, 6.45) is 0. The average Bonchev–Trinajstić information content (AvgIpc) is 2.03. The van der Waals surface area contributed by atoms with Crippen LogP contribution in [0.4, 0.5) is 4.39 Å². The highest BCUT2D eigenvalue weighted by atomic mass is 19.1. The molecule has 5 heteroatoms. The Morgan fingerprint density at radius 2 is 2.15 bits per heavy atom. The minimum Gasteiger partial charge on any atom is -0.461 e. The molecular formula is C8H17FN2O2. The van der Waals surface area contributed by atoms with Gasteiger partial charge in [-0.2, -0.15) is 0 Å². The number of ether oxygens (including phenoxy) is 1. The molecule has 0 fully saturated rings. The van der Waals surface area contributed by atoms with Crippen molar-refractivity contribution in [1.29, 1.82) is 0 Å². The molecule has 78 valence electrons. The van der Waals surface area contributed by atoms with E-state index >= 15 is 0 Å². The van der Waals surface area contributed by atoms with E-state index in [2.05, 4.69) is 5.32 Å². The first-order valence-electron chi connectivity index (χ1n) is 4.10. The topological polar surface area (TPSA) is 41.6 Å². The first-order chi connectivity index (χ1) is 5.90. The van der Waals surface area contributed by atoms with Gasteiger partial charge in [-0.05, 0) is 28.1 Å². The van der Waals surface area contributed by atoms with Crippen LogP contribution in [-0.2, 0) is 9.53 Å². The molecule has 1 atom stereocenters. The van der Waals surface area contributed by atoms with Crippen LogP contribution in [0.15, 0.2) is 0 Å². The number of esters is 1. The second-order valence-electron chi connectivity index (χ2n) is 3.19. The molecule has 0 saturated carbocycles. The molecule has 0 radical (unpaired) electrons. The second-order valence-corrected chi connectivity index (χ2v) is 3.19. The Bertz CT molecular complexity index is 172. The molecular weight excluding hydrogens is 175 g/mol. The summed E-state index contributed by atoms with van der Waals surface area (Å²) in [4.78, 5) is 12.8. The van der Waals surface area contributed by atoms with E-state index < -0.39 is 11.8 Å². The third-order valence-electron chi connectivity index (χ3n) is 1.62. The molecule has 1 N–H and O–H groups in total. The van der Waals surface area contributed by atoms with Crippen molar-refractivity contribution in [2.75, 3.05) is 34.3 Å². The molecule has 0 heterocycles. The van der Waals surface area contributed by atoms with Gasteiger partial charge in [0.15, 0.2) is 0 Å². The van der Waals surface area contributed by atoms with Crippen molar-refractivity contribution in [2.45, 2.75) is 12.7 Å². The molecule has 0 bridgehead atoms. The van der Waals surface area contributed by atoms with Crippen molar-refractivity contribution in [2.24, 2.45) is 0 Å². The lowest BCUT2D eigenvalue weighted by atomic mass is 10.3. The van der Waals surface area contributed by atoms with E-state index in [9.17, 15) is 9.18 Å². The van der Waals surface area contributed by atoms with Crippen molar-refractivity contribution in [3.8, 4) is 0 Å². The Balaban J connectivity index is 3.75. The van der Waals surface area contributed by atoms with Crippen molar-refractivity contribution in [3.05, 3.63) is 0 Å². The van der Waals surface area contributed by atoms with Crippen LogP contribution in [0.3, 0.4) is 0 Å². The minimum atomic E-state index is -2.09. The zero-order valence-electron chi connectivity index (χ0n) is 8.56. The summed E-state index contributed by atoms with van der Waals surface area (Å²) in [6.45, 7) is 1.92. The smallest absolute Gasteiger partial charge is 0.358 e. The van der Waals surface area contributed by atoms with E-state index in [0.717, 1.165) is 6.92 Å². The van der Waals surface area contributed by atoms with Crippen LogP contribution in [-0.4, -0.2) is 51.0 Å². The Morgan fingerprint density at radius 1 is 1.62 bits per heavy atom. The number of likely N-dealkylation sites (N-methyl/N-ethyl adjacent to an activating group) is 2. The van der Waals surface area contributed by atoms with Crippen LogP contribution in [0.1, 0.15) is 6.92 Å². The molecule has 0 aromatic heterocycles. The van der Waals surface area contributed by atoms with E-state index in [1.54, 1.807) is 0 Å². The van der Waals surface area contributed by atoms with Gasteiger partial charge in [0.25, 0.3) is 5.79 Å². The van der Waals surface area contributed by atoms with Crippen molar-refractivity contribution in [1.82, 2.24) is 10.2 Å². The van der Waals surface area contributed by atoms with Crippen LogP contribution in [0.5, 0.6) is 0 Å². The van der Waals surface area contributed by atoms with Gasteiger partial charge in [0.05, 0.1) is 0 Å². The summed E-state index contributed by atoms with van der Waals surface area (Å²) < 4.78 is 17.8. The summed E-state index contributed by atoms with van der Waals surface area (Å²) in [5.74, 6) is -2.97. The third kappa shape index (κ3) is 4.80. The minimum absolute atomic E-state index is 0.201. The number of alkyl halides is 1. The van der Waals surface area contributed by atoms with Crippen LogP contribution in [0, 0.1) is 0 Å². The monoisotopic (exact) mass is 192 g/mol. The second kappa shape index (κ2) is 5.14. The fourth-order valence-electron chi connectivity index (χ4n) is 0.559. The van der Waals surface area contributed by atoms with E-state index in [1.165, 1.54) is 7.05 Å². The number of halogens is 1. The highest BCUT2D eigenvalue weighted by molar-refractivity contribution is 5.78. The maximum atomic E-state index is 13.1. The standard InChI is InChI=1S/C8H17FN2O2/c1-8(9,10-2)7(12)13-6-5-11(3)4/h10H,5-6H2,1-4H3. The highest BCUT2D eigenvalue weighted by Crippen LogP contribution is 2.06. The quantitative estimate of drug-likeness (QED) is 0.491. The molecule has 4 nitrogen and oxygen atoms in total. The van der Waals surface area contributed by atoms with Gasteiger partial charge in [-0.25, -0.2) is 9.18 Å². The fourth-order valence-corrected chi connectivity index (χ4v) is 0.559. The Hall–Kier alpha value is -0.680. The molecule has 1 unspecified atom stereocenters. The van der Waals surface area contributed by atoms with Crippen LogP contribution < -0.4 is 5.32 Å². The maximum absolute atomic E-state index is 13.1. The number of hydrogen-bond acceptors (Lipinski definition) is 4. The van der Waals surface area contributed by atoms with Gasteiger partial charge in [-0.1, -0.05) is 0 Å². The van der Waals surface area contributed by atoms with Crippen LogP contribution in [0.25, 0.3) is 0 Å². The van der Waals surface area contributed by atoms with Gasteiger partial charge in [0, 0.05) is 6.54 Å². The number of nitrogens with one attached hydrogen (secondary N) is 1. The summed E-state index contributed by atoms with van der Waals surface area (Å²) in [7, 11) is 5.06.